The zero-order valence-corrected chi connectivity index (χ0v) is 16.8. The molecule has 3 rings (SSSR count). The molecule has 0 spiro atoms. The predicted molar refractivity (Wildman–Crippen MR) is 107 cm³/mol. The van der Waals surface area contributed by atoms with Gasteiger partial charge >= 0.3 is 0 Å². The Kier molecular flexibility index (Phi) is 7.00. The fraction of sp³-hybridized carbons (Fsp3) is 0.400. The molecule has 1 saturated heterocycles. The molecule has 2 aromatic rings. The van der Waals surface area contributed by atoms with Gasteiger partial charge in [0.15, 0.2) is 5.16 Å². The number of thioether (sulfide) groups is 1. The number of rotatable bonds is 5. The maximum Gasteiger partial charge on any atom is 0.269 e. The fourth-order valence-electron chi connectivity index (χ4n) is 2.91. The molecule has 1 fully saturated rings. The van der Waals surface area contributed by atoms with Crippen LogP contribution < -0.4 is 10.9 Å². The number of ether oxygens (including phenoxy) is 1. The molecule has 0 saturated carbocycles. The quantitative estimate of drug-likeness (QED) is 0.455. The Balaban J connectivity index is 1.49. The van der Waals surface area contributed by atoms with Crippen molar-refractivity contribution in [2.45, 2.75) is 37.6 Å². The second kappa shape index (κ2) is 9.66. The van der Waals surface area contributed by atoms with Gasteiger partial charge in [-0.3, -0.25) is 20.4 Å². The minimum atomic E-state index is -0.336. The monoisotopic (exact) mass is 400 g/mol. The first-order valence-electron chi connectivity index (χ1n) is 9.23. The Morgan fingerprint density at radius 3 is 2.36 bits per heavy atom. The van der Waals surface area contributed by atoms with Gasteiger partial charge < -0.3 is 4.74 Å². The van der Waals surface area contributed by atoms with Crippen molar-refractivity contribution < 1.29 is 14.3 Å². The van der Waals surface area contributed by atoms with E-state index in [1.165, 1.54) is 0 Å². The second-order valence-electron chi connectivity index (χ2n) is 6.75. The van der Waals surface area contributed by atoms with Crippen LogP contribution in [0.4, 0.5) is 0 Å². The van der Waals surface area contributed by atoms with E-state index in [2.05, 4.69) is 20.8 Å². The summed E-state index contributed by atoms with van der Waals surface area (Å²) in [7, 11) is 0. The van der Waals surface area contributed by atoms with Crippen LogP contribution in [0.2, 0.25) is 0 Å². The molecule has 7 nitrogen and oxygen atoms in total. The van der Waals surface area contributed by atoms with Gasteiger partial charge in [-0.15, -0.1) is 0 Å². The van der Waals surface area contributed by atoms with Crippen molar-refractivity contribution in [3.63, 3.8) is 0 Å². The number of amides is 2. The average molecular weight is 401 g/mol. The highest BCUT2D eigenvalue weighted by Crippen LogP contribution is 2.20. The van der Waals surface area contributed by atoms with Gasteiger partial charge in [0.1, 0.15) is 0 Å². The number of benzene rings is 1. The maximum absolute atomic E-state index is 12.2. The van der Waals surface area contributed by atoms with Gasteiger partial charge in [-0.25, -0.2) is 9.97 Å². The number of nitrogens with one attached hydrogen (secondary N) is 2. The van der Waals surface area contributed by atoms with E-state index in [0.717, 1.165) is 22.1 Å². The Hall–Kier alpha value is -2.45. The SMILES string of the molecule is Cc1cc(C)nc(SCc2ccc(C(=O)NNC(=O)C3CCOCC3)cc2)n1. The topological polar surface area (TPSA) is 93.2 Å². The normalized spacial score (nSPS) is 14.5. The van der Waals surface area contributed by atoms with E-state index in [9.17, 15) is 9.59 Å². The third kappa shape index (κ3) is 5.77. The van der Waals surface area contributed by atoms with Crippen LogP contribution in [0.3, 0.4) is 0 Å². The highest BCUT2D eigenvalue weighted by molar-refractivity contribution is 7.98. The highest BCUT2D eigenvalue weighted by atomic mass is 32.2. The lowest BCUT2D eigenvalue weighted by Gasteiger charge is -2.21. The third-order valence-electron chi connectivity index (χ3n) is 4.44. The lowest BCUT2D eigenvalue weighted by Crippen LogP contribution is -2.45. The summed E-state index contributed by atoms with van der Waals surface area (Å²) in [5, 5.41) is 0.746. The molecular formula is C20H24N4O3S. The van der Waals surface area contributed by atoms with Crippen LogP contribution in [0.5, 0.6) is 0 Å². The third-order valence-corrected chi connectivity index (χ3v) is 5.36. The predicted octanol–water partition coefficient (Wildman–Crippen LogP) is 2.57. The van der Waals surface area contributed by atoms with Gasteiger partial charge in [0.2, 0.25) is 5.91 Å². The van der Waals surface area contributed by atoms with Crippen LogP contribution in [0.15, 0.2) is 35.5 Å². The Morgan fingerprint density at radius 2 is 1.71 bits per heavy atom. The van der Waals surface area contributed by atoms with Crippen molar-refractivity contribution in [1.29, 1.82) is 0 Å². The van der Waals surface area contributed by atoms with Crippen molar-refractivity contribution in [3.05, 3.63) is 52.8 Å². The number of hydrogen-bond donors (Lipinski definition) is 2. The molecule has 8 heteroatoms. The summed E-state index contributed by atoms with van der Waals surface area (Å²) in [6, 6.07) is 9.22. The van der Waals surface area contributed by atoms with Crippen LogP contribution >= 0.6 is 11.8 Å². The summed E-state index contributed by atoms with van der Waals surface area (Å²) in [4.78, 5) is 33.1. The molecule has 2 N–H and O–H groups in total. The van der Waals surface area contributed by atoms with Gasteiger partial charge in [0.05, 0.1) is 0 Å². The first-order chi connectivity index (χ1) is 13.5. The fourth-order valence-corrected chi connectivity index (χ4v) is 3.82. The molecule has 0 bridgehead atoms. The summed E-state index contributed by atoms with van der Waals surface area (Å²) in [5.41, 5.74) is 8.44. The number of hydrogen-bond acceptors (Lipinski definition) is 6. The van der Waals surface area contributed by atoms with Crippen molar-refractivity contribution >= 4 is 23.6 Å². The number of aryl methyl sites for hydroxylation is 2. The van der Waals surface area contributed by atoms with E-state index < -0.39 is 0 Å². The smallest absolute Gasteiger partial charge is 0.269 e. The molecule has 0 radical (unpaired) electrons. The zero-order valence-electron chi connectivity index (χ0n) is 16.0. The van der Waals surface area contributed by atoms with Gasteiger partial charge in [0, 0.05) is 41.8 Å². The molecule has 1 aromatic heterocycles. The first-order valence-corrected chi connectivity index (χ1v) is 10.2. The van der Waals surface area contributed by atoms with E-state index in [0.29, 0.717) is 37.4 Å². The van der Waals surface area contributed by atoms with Crippen molar-refractivity contribution in [1.82, 2.24) is 20.8 Å². The minimum absolute atomic E-state index is 0.110. The number of hydrazine groups is 1. The van der Waals surface area contributed by atoms with Crippen molar-refractivity contribution in [3.8, 4) is 0 Å². The Morgan fingerprint density at radius 1 is 1.07 bits per heavy atom. The molecule has 0 atom stereocenters. The van der Waals surface area contributed by atoms with Crippen LogP contribution in [-0.4, -0.2) is 35.0 Å². The van der Waals surface area contributed by atoms with Crippen molar-refractivity contribution in [2.24, 2.45) is 5.92 Å². The van der Waals surface area contributed by atoms with Gasteiger partial charge in [-0.1, -0.05) is 23.9 Å². The summed E-state index contributed by atoms with van der Waals surface area (Å²) >= 11 is 1.56. The lowest BCUT2D eigenvalue weighted by atomic mass is 10.00. The molecule has 0 aliphatic carbocycles. The van der Waals surface area contributed by atoms with E-state index in [1.54, 1.807) is 23.9 Å². The molecule has 0 unspecified atom stereocenters. The number of nitrogens with zero attached hydrogens (tertiary/aromatic N) is 2. The largest absolute Gasteiger partial charge is 0.381 e. The van der Waals surface area contributed by atoms with Gasteiger partial charge in [-0.05, 0) is 50.5 Å². The van der Waals surface area contributed by atoms with Crippen LogP contribution in [-0.2, 0) is 15.3 Å². The summed E-state index contributed by atoms with van der Waals surface area (Å²) < 4.78 is 5.24. The van der Waals surface area contributed by atoms with E-state index in [1.807, 2.05) is 32.0 Å². The highest BCUT2D eigenvalue weighted by Gasteiger charge is 2.21. The zero-order chi connectivity index (χ0) is 19.9. The first kappa shape index (κ1) is 20.3. The maximum atomic E-state index is 12.2. The number of carbonyl (C=O) groups excluding carboxylic acids is 2. The van der Waals surface area contributed by atoms with Gasteiger partial charge in [-0.2, -0.15) is 0 Å². The summed E-state index contributed by atoms with van der Waals surface area (Å²) in [5.74, 6) is 0.0990. The summed E-state index contributed by atoms with van der Waals surface area (Å²) in [6.45, 7) is 5.07. The molecular weight excluding hydrogens is 376 g/mol. The van der Waals surface area contributed by atoms with Crippen LogP contribution in [0.1, 0.15) is 40.2 Å². The minimum Gasteiger partial charge on any atom is -0.381 e. The molecule has 1 aliphatic rings. The van der Waals surface area contributed by atoms with Crippen LogP contribution in [0.25, 0.3) is 0 Å². The van der Waals surface area contributed by atoms with E-state index in [-0.39, 0.29) is 17.7 Å². The Labute approximate surface area is 168 Å². The summed E-state index contributed by atoms with van der Waals surface area (Å²) in [6.07, 6.45) is 1.36. The Bertz CT molecular complexity index is 816. The van der Waals surface area contributed by atoms with E-state index in [4.69, 9.17) is 4.74 Å². The standard InChI is InChI=1S/C20H24N4O3S/c1-13-11-14(2)22-20(21-13)28-12-15-3-5-16(6-4-15)18(25)23-24-19(26)17-7-9-27-10-8-17/h3-6,11,17H,7-10,12H2,1-2H3,(H,23,25)(H,24,26). The molecule has 2 heterocycles. The molecule has 1 aliphatic heterocycles. The molecule has 2 amide bonds. The number of carbonyl (C=O) groups is 2. The lowest BCUT2D eigenvalue weighted by molar-refractivity contribution is -0.128. The molecule has 28 heavy (non-hydrogen) atoms. The molecule has 148 valence electrons. The average Bonchev–Trinajstić information content (AvgIpc) is 2.70. The number of aromatic nitrogens is 2. The second-order valence-corrected chi connectivity index (χ2v) is 7.69. The molecule has 1 aromatic carbocycles. The van der Waals surface area contributed by atoms with Crippen molar-refractivity contribution in [2.75, 3.05) is 13.2 Å². The van der Waals surface area contributed by atoms with E-state index >= 15 is 0 Å². The van der Waals surface area contributed by atoms with Crippen LogP contribution in [0, 0.1) is 19.8 Å². The van der Waals surface area contributed by atoms with Gasteiger partial charge in [0.25, 0.3) is 5.91 Å².